The lowest BCUT2D eigenvalue weighted by Gasteiger charge is -2.40. The van der Waals surface area contributed by atoms with Crippen molar-refractivity contribution in [1.82, 2.24) is 5.43 Å². The highest BCUT2D eigenvalue weighted by Gasteiger charge is 2.54. The van der Waals surface area contributed by atoms with E-state index in [4.69, 9.17) is 11.5 Å². The molecule has 4 heteroatoms. The third-order valence-corrected chi connectivity index (χ3v) is 8.25. The van der Waals surface area contributed by atoms with Gasteiger partial charge >= 0.3 is 0 Å². The lowest BCUT2D eigenvalue weighted by molar-refractivity contribution is 0.301. The SMILES string of the molecule is CC1(C)c2ccc(N)cc2C(C)(c2ccc(N)cc2)C1NNc1ccccc1.c1ccc2c(c1)CCC2. The Kier molecular flexibility index (Phi) is 6.70. The summed E-state index contributed by atoms with van der Waals surface area (Å²) in [5.74, 6) is 0. The molecule has 0 heterocycles. The molecule has 0 radical (unpaired) electrons. The smallest absolute Gasteiger partial charge is 0.0487 e. The summed E-state index contributed by atoms with van der Waals surface area (Å²) in [5.41, 5.74) is 28.3. The molecule has 37 heavy (non-hydrogen) atoms. The number of benzene rings is 4. The Balaban J connectivity index is 0.000000260. The number of aryl methyl sites for hydroxylation is 2. The van der Waals surface area contributed by atoms with Gasteiger partial charge in [0.25, 0.3) is 0 Å². The highest BCUT2D eigenvalue weighted by Crippen LogP contribution is 2.53. The van der Waals surface area contributed by atoms with Crippen LogP contribution in [0.3, 0.4) is 0 Å². The maximum absolute atomic E-state index is 6.20. The van der Waals surface area contributed by atoms with Crippen LogP contribution in [0.15, 0.2) is 97.1 Å². The maximum Gasteiger partial charge on any atom is 0.0487 e. The Labute approximate surface area is 221 Å². The lowest BCUT2D eigenvalue weighted by atomic mass is 9.70. The first-order valence-electron chi connectivity index (χ1n) is 13.2. The van der Waals surface area contributed by atoms with Crippen molar-refractivity contribution in [3.05, 3.63) is 125 Å². The van der Waals surface area contributed by atoms with E-state index in [2.05, 4.69) is 92.3 Å². The Morgan fingerprint density at radius 1 is 0.676 bits per heavy atom. The lowest BCUT2D eigenvalue weighted by Crippen LogP contribution is -2.54. The number of fused-ring (bicyclic) bond motifs is 2. The van der Waals surface area contributed by atoms with E-state index >= 15 is 0 Å². The molecule has 0 amide bonds. The van der Waals surface area contributed by atoms with Gasteiger partial charge in [0.2, 0.25) is 0 Å². The minimum Gasteiger partial charge on any atom is -0.399 e. The predicted molar refractivity (Wildman–Crippen MR) is 157 cm³/mol. The van der Waals surface area contributed by atoms with Crippen molar-refractivity contribution >= 4 is 17.1 Å². The Morgan fingerprint density at radius 2 is 1.27 bits per heavy atom. The number of hydrogen-bond acceptors (Lipinski definition) is 4. The number of anilines is 3. The zero-order valence-corrected chi connectivity index (χ0v) is 22.1. The summed E-state index contributed by atoms with van der Waals surface area (Å²) < 4.78 is 0. The van der Waals surface area contributed by atoms with Crippen molar-refractivity contribution in [2.24, 2.45) is 0 Å². The van der Waals surface area contributed by atoms with Gasteiger partial charge in [-0.15, -0.1) is 0 Å². The van der Waals surface area contributed by atoms with Crippen LogP contribution in [0.25, 0.3) is 0 Å². The molecule has 0 bridgehead atoms. The molecule has 0 saturated carbocycles. The van der Waals surface area contributed by atoms with Crippen molar-refractivity contribution in [3.63, 3.8) is 0 Å². The van der Waals surface area contributed by atoms with Crippen molar-refractivity contribution in [3.8, 4) is 0 Å². The van der Waals surface area contributed by atoms with Crippen LogP contribution in [-0.2, 0) is 23.7 Å². The molecule has 2 aliphatic carbocycles. The first kappa shape index (κ1) is 24.9. The highest BCUT2D eigenvalue weighted by atomic mass is 15.4. The molecular formula is C33H38N4. The molecule has 0 spiro atoms. The van der Waals surface area contributed by atoms with Gasteiger partial charge in [0.1, 0.15) is 0 Å². The van der Waals surface area contributed by atoms with Gasteiger partial charge in [0.15, 0.2) is 0 Å². The Bertz CT molecular complexity index is 1340. The number of nitrogen functional groups attached to an aromatic ring is 2. The first-order chi connectivity index (χ1) is 17.8. The van der Waals surface area contributed by atoms with Crippen LogP contribution in [0, 0.1) is 0 Å². The number of nitrogens with one attached hydrogen (secondary N) is 2. The standard InChI is InChI=1S/C24H28N4.C9H10/c1-23(2)20-14-13-18(26)15-21(20)24(3,16-9-11-17(25)12-10-16)22(23)28-27-19-7-5-4-6-8-19;1-2-5-9-7-3-6-8(9)4-1/h4-15,22,27-28H,25-26H2,1-3H3;1-2,4-5H,3,6-7H2. The average molecular weight is 491 g/mol. The molecule has 0 saturated heterocycles. The fraction of sp³-hybridized carbons (Fsp3) is 0.273. The van der Waals surface area contributed by atoms with E-state index in [1.165, 1.54) is 36.0 Å². The molecule has 4 aromatic carbocycles. The van der Waals surface area contributed by atoms with E-state index in [1.807, 2.05) is 36.4 Å². The van der Waals surface area contributed by atoms with E-state index in [-0.39, 0.29) is 16.9 Å². The molecule has 0 fully saturated rings. The van der Waals surface area contributed by atoms with Gasteiger partial charge in [0.05, 0.1) is 0 Å². The molecule has 190 valence electrons. The van der Waals surface area contributed by atoms with Crippen LogP contribution in [0.4, 0.5) is 17.1 Å². The number of hydrogen-bond donors (Lipinski definition) is 4. The molecule has 0 aliphatic heterocycles. The van der Waals surface area contributed by atoms with E-state index in [0.717, 1.165) is 17.1 Å². The van der Waals surface area contributed by atoms with E-state index in [9.17, 15) is 0 Å². The number of nitrogens with two attached hydrogens (primary N) is 2. The second kappa shape index (κ2) is 9.95. The summed E-state index contributed by atoms with van der Waals surface area (Å²) in [6.45, 7) is 6.86. The average Bonchev–Trinajstić information content (AvgIpc) is 3.44. The van der Waals surface area contributed by atoms with Crippen molar-refractivity contribution in [1.29, 1.82) is 0 Å². The molecule has 0 aromatic heterocycles. The van der Waals surface area contributed by atoms with Gasteiger partial charge in [0, 0.05) is 33.9 Å². The number of para-hydroxylation sites is 1. The zero-order valence-electron chi connectivity index (χ0n) is 22.1. The minimum absolute atomic E-state index is 0.0978. The van der Waals surface area contributed by atoms with Gasteiger partial charge in [-0.3, -0.25) is 0 Å². The van der Waals surface area contributed by atoms with Gasteiger partial charge in [-0.2, -0.15) is 0 Å². The summed E-state index contributed by atoms with van der Waals surface area (Å²) in [4.78, 5) is 0. The highest BCUT2D eigenvalue weighted by molar-refractivity contribution is 5.61. The summed E-state index contributed by atoms with van der Waals surface area (Å²) in [5, 5.41) is 0. The summed E-state index contributed by atoms with van der Waals surface area (Å²) in [6.07, 6.45) is 3.96. The molecule has 2 unspecified atom stereocenters. The molecule has 4 nitrogen and oxygen atoms in total. The van der Waals surface area contributed by atoms with Crippen LogP contribution < -0.4 is 22.3 Å². The molecule has 2 aliphatic rings. The number of hydrazine groups is 1. The van der Waals surface area contributed by atoms with Crippen LogP contribution in [0.2, 0.25) is 0 Å². The Hall–Kier alpha value is -3.76. The normalized spacial score (nSPS) is 20.9. The monoisotopic (exact) mass is 490 g/mol. The molecular weight excluding hydrogens is 452 g/mol. The van der Waals surface area contributed by atoms with Crippen LogP contribution in [0.5, 0.6) is 0 Å². The van der Waals surface area contributed by atoms with E-state index < -0.39 is 0 Å². The van der Waals surface area contributed by atoms with Crippen molar-refractivity contribution in [2.75, 3.05) is 16.9 Å². The van der Waals surface area contributed by atoms with Crippen LogP contribution in [-0.4, -0.2) is 6.04 Å². The minimum atomic E-state index is -0.274. The van der Waals surface area contributed by atoms with Crippen LogP contribution >= 0.6 is 0 Å². The topological polar surface area (TPSA) is 76.1 Å². The fourth-order valence-corrected chi connectivity index (χ4v) is 6.25. The van der Waals surface area contributed by atoms with E-state index in [1.54, 1.807) is 11.1 Å². The quantitative estimate of drug-likeness (QED) is 0.192. The third-order valence-electron chi connectivity index (χ3n) is 8.25. The van der Waals surface area contributed by atoms with E-state index in [0.29, 0.717) is 0 Å². The van der Waals surface area contributed by atoms with Crippen LogP contribution in [0.1, 0.15) is 55.0 Å². The summed E-state index contributed by atoms with van der Waals surface area (Å²) >= 11 is 0. The predicted octanol–water partition coefficient (Wildman–Crippen LogP) is 6.61. The molecule has 2 atom stereocenters. The van der Waals surface area contributed by atoms with Gasteiger partial charge < -0.3 is 16.9 Å². The molecule has 6 N–H and O–H groups in total. The largest absolute Gasteiger partial charge is 0.399 e. The first-order valence-corrected chi connectivity index (χ1v) is 13.2. The number of rotatable bonds is 4. The maximum atomic E-state index is 6.20. The van der Waals surface area contributed by atoms with Crippen molar-refractivity contribution in [2.45, 2.75) is 56.9 Å². The zero-order chi connectivity index (χ0) is 26.0. The van der Waals surface area contributed by atoms with Gasteiger partial charge in [-0.25, -0.2) is 5.43 Å². The van der Waals surface area contributed by atoms with Gasteiger partial charge in [-0.1, -0.05) is 74.5 Å². The fourth-order valence-electron chi connectivity index (χ4n) is 6.25. The third kappa shape index (κ3) is 4.70. The van der Waals surface area contributed by atoms with Gasteiger partial charge in [-0.05, 0) is 90.4 Å². The molecule has 4 aromatic rings. The summed E-state index contributed by atoms with van der Waals surface area (Å²) in [7, 11) is 0. The van der Waals surface area contributed by atoms with Crippen molar-refractivity contribution < 1.29 is 0 Å². The Morgan fingerprint density at radius 3 is 1.92 bits per heavy atom. The second-order valence-electron chi connectivity index (χ2n) is 11.0. The molecule has 6 rings (SSSR count). The second-order valence-corrected chi connectivity index (χ2v) is 11.0. The summed E-state index contributed by atoms with van der Waals surface area (Å²) in [6, 6.07) is 33.5.